The third-order valence-electron chi connectivity index (χ3n) is 5.79. The molecule has 1 heterocycles. The molecule has 2 aliphatic rings. The number of nitrogens with two attached hydrogens (primary N) is 1. The third kappa shape index (κ3) is 4.54. The SMILES string of the molecule is Nc1c(F)cccc1C(=O)N1CCN(c2ccc(Cl)cc2Cl)C(C2C=CC(Cl)=CC2)C1. The van der Waals surface area contributed by atoms with Gasteiger partial charge in [-0.1, -0.05) is 53.0 Å². The average molecular weight is 481 g/mol. The normalized spacial score (nSPS) is 21.2. The van der Waals surface area contributed by atoms with E-state index in [1.54, 1.807) is 23.1 Å². The first-order chi connectivity index (χ1) is 14.8. The van der Waals surface area contributed by atoms with Gasteiger partial charge in [-0.15, -0.1) is 0 Å². The van der Waals surface area contributed by atoms with Crippen LogP contribution in [-0.2, 0) is 0 Å². The lowest BCUT2D eigenvalue weighted by molar-refractivity contribution is 0.0710. The molecule has 1 amide bonds. The fourth-order valence-corrected chi connectivity index (χ4v) is 4.84. The van der Waals surface area contributed by atoms with Crippen LogP contribution in [0, 0.1) is 11.7 Å². The summed E-state index contributed by atoms with van der Waals surface area (Å²) in [4.78, 5) is 17.1. The number of rotatable bonds is 3. The predicted octanol–water partition coefficient (Wildman–Crippen LogP) is 5.74. The highest BCUT2D eigenvalue weighted by molar-refractivity contribution is 6.36. The minimum atomic E-state index is -0.594. The van der Waals surface area contributed by atoms with Crippen molar-refractivity contribution in [2.45, 2.75) is 12.5 Å². The van der Waals surface area contributed by atoms with Gasteiger partial charge in [0.05, 0.1) is 28.0 Å². The highest BCUT2D eigenvalue weighted by Gasteiger charge is 2.36. The summed E-state index contributed by atoms with van der Waals surface area (Å²) >= 11 is 18.7. The van der Waals surface area contributed by atoms with E-state index in [1.165, 1.54) is 12.1 Å². The molecule has 162 valence electrons. The van der Waals surface area contributed by atoms with Crippen LogP contribution in [-0.4, -0.2) is 36.5 Å². The highest BCUT2D eigenvalue weighted by Crippen LogP contribution is 2.36. The van der Waals surface area contributed by atoms with Crippen molar-refractivity contribution in [3.05, 3.63) is 81.1 Å². The van der Waals surface area contributed by atoms with Crippen molar-refractivity contribution in [2.75, 3.05) is 30.3 Å². The van der Waals surface area contributed by atoms with Gasteiger partial charge in [-0.25, -0.2) is 4.39 Å². The summed E-state index contributed by atoms with van der Waals surface area (Å²) in [7, 11) is 0. The second-order valence-electron chi connectivity index (χ2n) is 7.66. The van der Waals surface area contributed by atoms with Crippen molar-refractivity contribution in [2.24, 2.45) is 5.92 Å². The summed E-state index contributed by atoms with van der Waals surface area (Å²) in [5, 5.41) is 1.82. The number of benzene rings is 2. The number of carbonyl (C=O) groups excluding carboxylic acids is 1. The van der Waals surface area contributed by atoms with Gasteiger partial charge in [0.2, 0.25) is 0 Å². The van der Waals surface area contributed by atoms with E-state index in [4.69, 9.17) is 40.5 Å². The van der Waals surface area contributed by atoms with Crippen molar-refractivity contribution >= 4 is 52.1 Å². The van der Waals surface area contributed by atoms with Gasteiger partial charge in [-0.2, -0.15) is 0 Å². The van der Waals surface area contributed by atoms with E-state index in [0.717, 1.165) is 12.1 Å². The molecule has 2 atom stereocenters. The van der Waals surface area contributed by atoms with Crippen LogP contribution in [0.3, 0.4) is 0 Å². The number of nitrogens with zero attached hydrogens (tertiary/aromatic N) is 2. The number of hydrogen-bond donors (Lipinski definition) is 1. The first kappa shape index (κ1) is 22.0. The minimum Gasteiger partial charge on any atom is -0.396 e. The smallest absolute Gasteiger partial charge is 0.256 e. The van der Waals surface area contributed by atoms with Crippen molar-refractivity contribution in [1.82, 2.24) is 4.90 Å². The molecule has 2 aromatic rings. The Labute approximate surface area is 195 Å². The Balaban J connectivity index is 1.65. The summed E-state index contributed by atoms with van der Waals surface area (Å²) in [5.41, 5.74) is 6.76. The molecule has 4 nitrogen and oxygen atoms in total. The molecule has 31 heavy (non-hydrogen) atoms. The van der Waals surface area contributed by atoms with Gasteiger partial charge >= 0.3 is 0 Å². The zero-order valence-corrected chi connectivity index (χ0v) is 18.8. The molecule has 8 heteroatoms. The molecule has 0 aromatic heterocycles. The van der Waals surface area contributed by atoms with Crippen LogP contribution in [0.15, 0.2) is 59.7 Å². The number of piperazine rings is 1. The lowest BCUT2D eigenvalue weighted by Crippen LogP contribution is -2.57. The molecule has 4 rings (SSSR count). The summed E-state index contributed by atoms with van der Waals surface area (Å²) in [6, 6.07) is 9.67. The van der Waals surface area contributed by atoms with Crippen LogP contribution in [0.1, 0.15) is 16.8 Å². The maximum absolute atomic E-state index is 13.9. The van der Waals surface area contributed by atoms with Gasteiger partial charge in [0, 0.05) is 35.6 Å². The lowest BCUT2D eigenvalue weighted by atomic mass is 9.89. The van der Waals surface area contributed by atoms with Gasteiger partial charge in [0.25, 0.3) is 5.91 Å². The molecule has 0 bridgehead atoms. The molecule has 2 N–H and O–H groups in total. The van der Waals surface area contributed by atoms with Crippen LogP contribution in [0.2, 0.25) is 10.0 Å². The molecular formula is C23H21Cl3FN3O. The van der Waals surface area contributed by atoms with Gasteiger partial charge in [-0.05, 0) is 42.8 Å². The van der Waals surface area contributed by atoms with E-state index in [1.807, 2.05) is 18.2 Å². The van der Waals surface area contributed by atoms with E-state index >= 15 is 0 Å². The van der Waals surface area contributed by atoms with Crippen LogP contribution in [0.5, 0.6) is 0 Å². The molecule has 1 aliphatic carbocycles. The Morgan fingerprint density at radius 1 is 1.13 bits per heavy atom. The van der Waals surface area contributed by atoms with Gasteiger partial charge in [-0.3, -0.25) is 4.79 Å². The number of carbonyl (C=O) groups is 1. The molecule has 1 aliphatic heterocycles. The maximum Gasteiger partial charge on any atom is 0.256 e. The van der Waals surface area contributed by atoms with Gasteiger partial charge < -0.3 is 15.5 Å². The lowest BCUT2D eigenvalue weighted by Gasteiger charge is -2.46. The van der Waals surface area contributed by atoms with E-state index in [0.29, 0.717) is 34.7 Å². The summed E-state index contributed by atoms with van der Waals surface area (Å²) in [6.45, 7) is 1.46. The summed E-state index contributed by atoms with van der Waals surface area (Å²) in [6.07, 6.45) is 6.65. The Morgan fingerprint density at radius 3 is 2.65 bits per heavy atom. The van der Waals surface area contributed by atoms with Crippen LogP contribution in [0.25, 0.3) is 0 Å². The van der Waals surface area contributed by atoms with Crippen molar-refractivity contribution in [3.63, 3.8) is 0 Å². The van der Waals surface area contributed by atoms with Gasteiger partial charge in [0.15, 0.2) is 0 Å². The van der Waals surface area contributed by atoms with Crippen LogP contribution in [0.4, 0.5) is 15.8 Å². The molecule has 1 fully saturated rings. The quantitative estimate of drug-likeness (QED) is 0.570. The first-order valence-corrected chi connectivity index (χ1v) is 11.1. The van der Waals surface area contributed by atoms with Crippen molar-refractivity contribution in [1.29, 1.82) is 0 Å². The number of anilines is 2. The van der Waals surface area contributed by atoms with Crippen LogP contribution >= 0.6 is 34.8 Å². The van der Waals surface area contributed by atoms with Gasteiger partial charge in [0.1, 0.15) is 5.82 Å². The molecule has 0 spiro atoms. The number of hydrogen-bond acceptors (Lipinski definition) is 3. The molecule has 0 saturated carbocycles. The zero-order chi connectivity index (χ0) is 22.1. The largest absolute Gasteiger partial charge is 0.396 e. The Bertz CT molecular complexity index is 1070. The summed E-state index contributed by atoms with van der Waals surface area (Å²) in [5.74, 6) is -0.754. The molecule has 0 radical (unpaired) electrons. The Kier molecular flexibility index (Phi) is 6.47. The predicted molar refractivity (Wildman–Crippen MR) is 125 cm³/mol. The van der Waals surface area contributed by atoms with E-state index in [-0.39, 0.29) is 29.1 Å². The second kappa shape index (κ2) is 9.11. The topological polar surface area (TPSA) is 49.6 Å². The van der Waals surface area contributed by atoms with E-state index < -0.39 is 5.82 Å². The maximum atomic E-state index is 13.9. The Morgan fingerprint density at radius 2 is 1.94 bits per heavy atom. The molecule has 1 saturated heterocycles. The monoisotopic (exact) mass is 479 g/mol. The fraction of sp³-hybridized carbons (Fsp3) is 0.261. The zero-order valence-electron chi connectivity index (χ0n) is 16.6. The number of para-hydroxylation sites is 1. The fourth-order valence-electron chi connectivity index (χ4n) is 4.16. The summed E-state index contributed by atoms with van der Waals surface area (Å²) < 4.78 is 13.9. The average Bonchev–Trinajstić information content (AvgIpc) is 2.76. The van der Waals surface area contributed by atoms with Crippen molar-refractivity contribution < 1.29 is 9.18 Å². The highest BCUT2D eigenvalue weighted by atomic mass is 35.5. The van der Waals surface area contributed by atoms with Crippen molar-refractivity contribution in [3.8, 4) is 0 Å². The first-order valence-electron chi connectivity index (χ1n) is 9.94. The van der Waals surface area contributed by atoms with E-state index in [2.05, 4.69) is 11.0 Å². The third-order valence-corrected chi connectivity index (χ3v) is 6.61. The molecule has 2 unspecified atom stereocenters. The Hall–Kier alpha value is -2.21. The standard InChI is InChI=1S/C23H21Cl3FN3O/c24-15-6-4-14(5-7-15)21-13-29(23(31)17-2-1-3-19(27)22(17)28)10-11-30(21)20-9-8-16(25)12-18(20)26/h1-4,6-9,12,14,21H,5,10-11,13,28H2. The van der Waals surface area contributed by atoms with Crippen LogP contribution < -0.4 is 10.6 Å². The number of allylic oxidation sites excluding steroid dienone is 3. The minimum absolute atomic E-state index is 0.0524. The molecular weight excluding hydrogens is 460 g/mol. The second-order valence-corrected chi connectivity index (χ2v) is 8.94. The number of halogens is 4. The number of nitrogen functional groups attached to an aromatic ring is 1. The van der Waals surface area contributed by atoms with E-state index in [9.17, 15) is 9.18 Å². The molecule has 2 aromatic carbocycles. The number of amides is 1.